The van der Waals surface area contributed by atoms with E-state index < -0.39 is 9.84 Å². The molecule has 1 heterocycles. The van der Waals surface area contributed by atoms with Gasteiger partial charge in [-0.05, 0) is 29.8 Å². The van der Waals surface area contributed by atoms with Crippen LogP contribution in [0, 0.1) is 0 Å². The van der Waals surface area contributed by atoms with Crippen LogP contribution in [0.4, 0.5) is 0 Å². The number of benzene rings is 1. The summed E-state index contributed by atoms with van der Waals surface area (Å²) >= 11 is 5.15. The molecule has 2 rings (SSSR count). The molecule has 0 saturated carbocycles. The molecule has 0 unspecified atom stereocenters. The van der Waals surface area contributed by atoms with Crippen LogP contribution < -0.4 is 5.32 Å². The molecule has 0 aliphatic heterocycles. The third-order valence-corrected chi connectivity index (χ3v) is 5.35. The van der Waals surface area contributed by atoms with Crippen LogP contribution in [-0.4, -0.2) is 27.0 Å². The van der Waals surface area contributed by atoms with Crippen LogP contribution in [0.5, 0.6) is 0 Å². The maximum Gasteiger partial charge on any atom is 0.148 e. The minimum absolute atomic E-state index is 0.179. The first-order valence-corrected chi connectivity index (χ1v) is 9.84. The van der Waals surface area contributed by atoms with E-state index in [4.69, 9.17) is 0 Å². The average Bonchev–Trinajstić information content (AvgIpc) is 2.83. The maximum absolute atomic E-state index is 11.0. The van der Waals surface area contributed by atoms with E-state index in [-0.39, 0.29) is 5.75 Å². The number of hydrogen-bond donors (Lipinski definition) is 1. The van der Waals surface area contributed by atoms with Crippen LogP contribution >= 0.6 is 27.3 Å². The SMILES string of the molecule is CS(=O)(=O)CCNCc1ccc(-c2ccc(Br)cc2)s1. The predicted molar refractivity (Wildman–Crippen MR) is 88.9 cm³/mol. The van der Waals surface area contributed by atoms with Gasteiger partial charge in [0.05, 0.1) is 5.75 Å². The van der Waals surface area contributed by atoms with Crippen molar-refractivity contribution in [3.63, 3.8) is 0 Å². The van der Waals surface area contributed by atoms with Crippen molar-refractivity contribution in [3.05, 3.63) is 45.7 Å². The largest absolute Gasteiger partial charge is 0.311 e. The number of nitrogens with one attached hydrogen (secondary N) is 1. The van der Waals surface area contributed by atoms with E-state index in [9.17, 15) is 8.42 Å². The van der Waals surface area contributed by atoms with Crippen LogP contribution in [0.2, 0.25) is 0 Å². The molecular weight excluding hydrogens is 358 g/mol. The molecule has 0 fully saturated rings. The molecule has 1 aromatic carbocycles. The summed E-state index contributed by atoms with van der Waals surface area (Å²) in [6, 6.07) is 12.4. The van der Waals surface area contributed by atoms with Crippen LogP contribution in [0.3, 0.4) is 0 Å². The highest BCUT2D eigenvalue weighted by molar-refractivity contribution is 9.10. The second kappa shape index (κ2) is 6.85. The Morgan fingerprint density at radius 3 is 2.50 bits per heavy atom. The summed E-state index contributed by atoms with van der Waals surface area (Å²) in [5.74, 6) is 0.179. The molecule has 0 amide bonds. The number of sulfone groups is 1. The first-order valence-electron chi connectivity index (χ1n) is 6.17. The van der Waals surface area contributed by atoms with Crippen molar-refractivity contribution >= 4 is 37.1 Å². The molecule has 20 heavy (non-hydrogen) atoms. The van der Waals surface area contributed by atoms with Crippen molar-refractivity contribution in [1.29, 1.82) is 0 Å². The summed E-state index contributed by atoms with van der Waals surface area (Å²) < 4.78 is 23.1. The van der Waals surface area contributed by atoms with Gasteiger partial charge < -0.3 is 5.32 Å². The fraction of sp³-hybridized carbons (Fsp3) is 0.286. The summed E-state index contributed by atoms with van der Waals surface area (Å²) in [6.07, 6.45) is 1.26. The monoisotopic (exact) mass is 373 g/mol. The average molecular weight is 374 g/mol. The molecule has 6 heteroatoms. The fourth-order valence-corrected chi connectivity index (χ4v) is 3.47. The van der Waals surface area contributed by atoms with Gasteiger partial charge in [-0.2, -0.15) is 0 Å². The van der Waals surface area contributed by atoms with Gasteiger partial charge in [-0.1, -0.05) is 28.1 Å². The van der Waals surface area contributed by atoms with Crippen molar-refractivity contribution < 1.29 is 8.42 Å². The minimum Gasteiger partial charge on any atom is -0.311 e. The first-order chi connectivity index (χ1) is 9.44. The minimum atomic E-state index is -2.88. The Balaban J connectivity index is 1.91. The fourth-order valence-electron chi connectivity index (χ4n) is 1.71. The Labute approximate surface area is 132 Å². The van der Waals surface area contributed by atoms with Gasteiger partial charge in [-0.25, -0.2) is 8.42 Å². The molecule has 1 N–H and O–H groups in total. The van der Waals surface area contributed by atoms with Crippen LogP contribution in [-0.2, 0) is 16.4 Å². The van der Waals surface area contributed by atoms with Gasteiger partial charge in [0.2, 0.25) is 0 Å². The van der Waals surface area contributed by atoms with Crippen molar-refractivity contribution in [2.75, 3.05) is 18.6 Å². The second-order valence-corrected chi connectivity index (χ2v) is 8.92. The van der Waals surface area contributed by atoms with Crippen molar-refractivity contribution in [1.82, 2.24) is 5.32 Å². The van der Waals surface area contributed by atoms with Gasteiger partial charge >= 0.3 is 0 Å². The summed E-state index contributed by atoms with van der Waals surface area (Å²) in [4.78, 5) is 2.42. The quantitative estimate of drug-likeness (QED) is 0.790. The molecule has 0 bridgehead atoms. The van der Waals surface area contributed by atoms with Gasteiger partial charge in [-0.3, -0.25) is 0 Å². The zero-order valence-electron chi connectivity index (χ0n) is 11.1. The molecule has 108 valence electrons. The lowest BCUT2D eigenvalue weighted by molar-refractivity contribution is 0.596. The lowest BCUT2D eigenvalue weighted by Crippen LogP contribution is -2.21. The Morgan fingerprint density at radius 2 is 1.85 bits per heavy atom. The Bertz CT molecular complexity index is 663. The highest BCUT2D eigenvalue weighted by Crippen LogP contribution is 2.28. The van der Waals surface area contributed by atoms with E-state index in [1.165, 1.54) is 21.6 Å². The smallest absolute Gasteiger partial charge is 0.148 e. The van der Waals surface area contributed by atoms with Crippen LogP contribution in [0.15, 0.2) is 40.9 Å². The van der Waals surface area contributed by atoms with Gasteiger partial charge in [-0.15, -0.1) is 11.3 Å². The van der Waals surface area contributed by atoms with E-state index in [0.717, 1.165) is 4.47 Å². The molecule has 0 aliphatic carbocycles. The number of halogens is 1. The highest BCUT2D eigenvalue weighted by Gasteiger charge is 2.04. The molecule has 2 aromatic rings. The normalized spacial score (nSPS) is 11.7. The van der Waals surface area contributed by atoms with Gasteiger partial charge in [0.25, 0.3) is 0 Å². The van der Waals surface area contributed by atoms with Gasteiger partial charge in [0.15, 0.2) is 0 Å². The van der Waals surface area contributed by atoms with E-state index in [0.29, 0.717) is 13.1 Å². The molecule has 0 aliphatic rings. The Kier molecular flexibility index (Phi) is 5.37. The van der Waals surface area contributed by atoms with Crippen LogP contribution in [0.1, 0.15) is 4.88 Å². The third-order valence-electron chi connectivity index (χ3n) is 2.74. The van der Waals surface area contributed by atoms with Crippen LogP contribution in [0.25, 0.3) is 10.4 Å². The molecule has 0 saturated heterocycles. The zero-order chi connectivity index (χ0) is 14.6. The topological polar surface area (TPSA) is 46.2 Å². The summed E-state index contributed by atoms with van der Waals surface area (Å²) in [7, 11) is -2.88. The lowest BCUT2D eigenvalue weighted by Gasteiger charge is -2.01. The summed E-state index contributed by atoms with van der Waals surface area (Å²) in [6.45, 7) is 1.20. The van der Waals surface area contributed by atoms with Gasteiger partial charge in [0.1, 0.15) is 9.84 Å². The van der Waals surface area contributed by atoms with E-state index in [1.54, 1.807) is 11.3 Å². The maximum atomic E-state index is 11.0. The van der Waals surface area contributed by atoms with E-state index in [1.807, 2.05) is 12.1 Å². The Hall–Kier alpha value is -0.690. The molecule has 0 atom stereocenters. The molecule has 0 spiro atoms. The second-order valence-electron chi connectivity index (χ2n) is 4.58. The van der Waals surface area contributed by atoms with Crippen molar-refractivity contribution in [2.45, 2.75) is 6.54 Å². The molecule has 1 aromatic heterocycles. The zero-order valence-corrected chi connectivity index (χ0v) is 14.3. The first kappa shape index (κ1) is 15.7. The van der Waals surface area contributed by atoms with E-state index in [2.05, 4.69) is 45.5 Å². The highest BCUT2D eigenvalue weighted by atomic mass is 79.9. The van der Waals surface area contributed by atoms with Crippen molar-refractivity contribution in [3.8, 4) is 10.4 Å². The van der Waals surface area contributed by atoms with Gasteiger partial charge in [0, 0.05) is 33.6 Å². The Morgan fingerprint density at radius 1 is 1.15 bits per heavy atom. The molecule has 3 nitrogen and oxygen atoms in total. The third kappa shape index (κ3) is 5.01. The number of rotatable bonds is 6. The summed E-state index contributed by atoms with van der Waals surface area (Å²) in [5.41, 5.74) is 1.19. The number of hydrogen-bond acceptors (Lipinski definition) is 4. The van der Waals surface area contributed by atoms with Crippen molar-refractivity contribution in [2.24, 2.45) is 0 Å². The number of thiophene rings is 1. The summed E-state index contributed by atoms with van der Waals surface area (Å²) in [5, 5.41) is 3.16. The molecule has 0 radical (unpaired) electrons. The lowest BCUT2D eigenvalue weighted by atomic mass is 10.2. The van der Waals surface area contributed by atoms with E-state index >= 15 is 0 Å². The standard InChI is InChI=1S/C14H16BrNO2S2/c1-20(17,18)9-8-16-10-13-6-7-14(19-13)11-2-4-12(15)5-3-11/h2-7,16H,8-10H2,1H3. The molecular formula is C14H16BrNO2S2. The predicted octanol–water partition coefficient (Wildman–Crippen LogP) is 3.31.